The van der Waals surface area contributed by atoms with Crippen molar-refractivity contribution in [3.8, 4) is 22.6 Å². The Morgan fingerprint density at radius 3 is 2.89 bits per heavy atom. The second-order valence-electron chi connectivity index (χ2n) is 9.78. The van der Waals surface area contributed by atoms with Crippen LogP contribution >= 0.6 is 11.3 Å². The molecule has 1 saturated heterocycles. The van der Waals surface area contributed by atoms with Crippen LogP contribution in [0.1, 0.15) is 29.8 Å². The van der Waals surface area contributed by atoms with Crippen molar-refractivity contribution in [2.75, 3.05) is 26.4 Å². The summed E-state index contributed by atoms with van der Waals surface area (Å²) in [4.78, 5) is 15.2. The van der Waals surface area contributed by atoms with E-state index in [1.807, 2.05) is 29.5 Å². The third kappa shape index (κ3) is 4.95. The summed E-state index contributed by atoms with van der Waals surface area (Å²) in [5.41, 5.74) is 5.25. The fraction of sp³-hybridized carbons (Fsp3) is 0.379. The Kier molecular flexibility index (Phi) is 6.61. The largest absolute Gasteiger partial charge is 0.487 e. The maximum absolute atomic E-state index is 13.3. The standard InChI is InChI=1S/C29H31N3O4S/c1-19-13-20(2)32(30-19)9-7-28(33)31-10-12-35-29-22(16-31)14-21(15-26(29)36-23-8-11-34-17-23)25-18-37-27-6-4-3-5-24(25)27/h3-6,13-15,18,23H,7-12,16-17H2,1-2H3/t23-/m0/s1. The number of rotatable bonds is 6. The molecule has 2 aliphatic heterocycles. The summed E-state index contributed by atoms with van der Waals surface area (Å²) in [6.07, 6.45) is 1.26. The monoisotopic (exact) mass is 517 g/mol. The minimum atomic E-state index is 0.00363. The molecule has 1 fully saturated rings. The second-order valence-corrected chi connectivity index (χ2v) is 10.7. The summed E-state index contributed by atoms with van der Waals surface area (Å²) in [5.74, 6) is 1.57. The SMILES string of the molecule is Cc1cc(C)n(CCC(=O)N2CCOc3c(cc(-c4csc5ccccc45)cc3O[C@H]3CCOC3)C2)n1. The molecule has 1 atom stereocenters. The highest BCUT2D eigenvalue weighted by Gasteiger charge is 2.26. The second kappa shape index (κ2) is 10.2. The molecule has 7 nitrogen and oxygen atoms in total. The molecular weight excluding hydrogens is 486 g/mol. The molecule has 8 heteroatoms. The van der Waals surface area contributed by atoms with Gasteiger partial charge in [0.25, 0.3) is 0 Å². The smallest absolute Gasteiger partial charge is 0.224 e. The number of carbonyl (C=O) groups excluding carboxylic acids is 1. The number of thiophene rings is 1. The minimum absolute atomic E-state index is 0.00363. The molecule has 0 spiro atoms. The van der Waals surface area contributed by atoms with Crippen molar-refractivity contribution >= 4 is 27.3 Å². The molecule has 192 valence electrons. The number of hydrogen-bond acceptors (Lipinski definition) is 6. The van der Waals surface area contributed by atoms with Gasteiger partial charge in [-0.3, -0.25) is 9.48 Å². The Bertz CT molecular complexity index is 1440. The van der Waals surface area contributed by atoms with E-state index in [0.29, 0.717) is 45.9 Å². The summed E-state index contributed by atoms with van der Waals surface area (Å²) in [7, 11) is 0. The van der Waals surface area contributed by atoms with Crippen molar-refractivity contribution in [2.45, 2.75) is 45.9 Å². The number of nitrogens with zero attached hydrogens (tertiary/aromatic N) is 3. The van der Waals surface area contributed by atoms with Gasteiger partial charge in [0.1, 0.15) is 12.7 Å². The first-order valence-corrected chi connectivity index (χ1v) is 13.7. The molecule has 0 N–H and O–H groups in total. The maximum Gasteiger partial charge on any atom is 0.224 e. The van der Waals surface area contributed by atoms with E-state index >= 15 is 0 Å². The van der Waals surface area contributed by atoms with Crippen LogP contribution in [0.4, 0.5) is 0 Å². The lowest BCUT2D eigenvalue weighted by Gasteiger charge is -2.21. The van der Waals surface area contributed by atoms with Crippen LogP contribution in [0.25, 0.3) is 21.2 Å². The number of hydrogen-bond donors (Lipinski definition) is 0. The first kappa shape index (κ1) is 24.0. The van der Waals surface area contributed by atoms with Gasteiger partial charge in [-0.05, 0) is 49.1 Å². The molecule has 6 rings (SSSR count). The van der Waals surface area contributed by atoms with Gasteiger partial charge in [0.05, 0.1) is 25.5 Å². The number of aromatic nitrogens is 2. The Labute approximate surface area is 220 Å². The highest BCUT2D eigenvalue weighted by molar-refractivity contribution is 7.17. The van der Waals surface area contributed by atoms with Gasteiger partial charge in [0.15, 0.2) is 11.5 Å². The third-order valence-corrected chi connectivity index (χ3v) is 8.03. The van der Waals surface area contributed by atoms with Gasteiger partial charge in [-0.25, -0.2) is 0 Å². The molecule has 0 unspecified atom stereocenters. The number of fused-ring (bicyclic) bond motifs is 2. The van der Waals surface area contributed by atoms with Crippen molar-refractivity contribution in [1.82, 2.24) is 14.7 Å². The molecule has 37 heavy (non-hydrogen) atoms. The van der Waals surface area contributed by atoms with Crippen LogP contribution in [-0.4, -0.2) is 53.1 Å². The molecule has 0 radical (unpaired) electrons. The molecule has 4 heterocycles. The van der Waals surface area contributed by atoms with Crippen molar-refractivity contribution in [3.63, 3.8) is 0 Å². The predicted molar refractivity (Wildman–Crippen MR) is 144 cm³/mol. The van der Waals surface area contributed by atoms with E-state index in [1.54, 1.807) is 11.3 Å². The van der Waals surface area contributed by atoms with Gasteiger partial charge in [-0.1, -0.05) is 18.2 Å². The highest BCUT2D eigenvalue weighted by atomic mass is 32.1. The van der Waals surface area contributed by atoms with Crippen LogP contribution in [0.2, 0.25) is 0 Å². The lowest BCUT2D eigenvalue weighted by atomic mass is 10.0. The number of amides is 1. The zero-order valence-corrected chi connectivity index (χ0v) is 22.1. The van der Waals surface area contributed by atoms with Crippen molar-refractivity contribution < 1.29 is 19.0 Å². The third-order valence-electron chi connectivity index (χ3n) is 7.07. The summed E-state index contributed by atoms with van der Waals surface area (Å²) >= 11 is 1.74. The molecular formula is C29H31N3O4S. The van der Waals surface area contributed by atoms with E-state index < -0.39 is 0 Å². The van der Waals surface area contributed by atoms with Crippen LogP contribution in [-0.2, 0) is 22.6 Å². The molecule has 2 aromatic heterocycles. The van der Waals surface area contributed by atoms with E-state index in [4.69, 9.17) is 14.2 Å². The fourth-order valence-electron chi connectivity index (χ4n) is 5.19. The van der Waals surface area contributed by atoms with E-state index in [0.717, 1.165) is 40.4 Å². The fourth-order valence-corrected chi connectivity index (χ4v) is 6.16. The van der Waals surface area contributed by atoms with Crippen molar-refractivity contribution in [1.29, 1.82) is 0 Å². The first-order valence-electron chi connectivity index (χ1n) is 12.8. The average Bonchev–Trinajstić information content (AvgIpc) is 3.59. The predicted octanol–water partition coefficient (Wildman–Crippen LogP) is 5.36. The normalized spacial score (nSPS) is 17.5. The van der Waals surface area contributed by atoms with Gasteiger partial charge in [-0.2, -0.15) is 5.10 Å². The Morgan fingerprint density at radius 1 is 1.19 bits per heavy atom. The summed E-state index contributed by atoms with van der Waals surface area (Å²) in [6.45, 7) is 7.30. The van der Waals surface area contributed by atoms with Crippen LogP contribution < -0.4 is 9.47 Å². The lowest BCUT2D eigenvalue weighted by Crippen LogP contribution is -2.33. The number of benzene rings is 2. The highest BCUT2D eigenvalue weighted by Crippen LogP contribution is 2.42. The quantitative estimate of drug-likeness (QED) is 0.345. The van der Waals surface area contributed by atoms with E-state index in [9.17, 15) is 4.79 Å². The lowest BCUT2D eigenvalue weighted by molar-refractivity contribution is -0.132. The Morgan fingerprint density at radius 2 is 2.08 bits per heavy atom. The van der Waals surface area contributed by atoms with Gasteiger partial charge in [0, 0.05) is 52.8 Å². The Hall–Kier alpha value is -3.36. The van der Waals surface area contributed by atoms with Crippen LogP contribution in [0.5, 0.6) is 11.5 Å². The maximum atomic E-state index is 13.3. The summed E-state index contributed by atoms with van der Waals surface area (Å²) in [6, 6.07) is 14.7. The van der Waals surface area contributed by atoms with E-state index in [2.05, 4.69) is 46.9 Å². The average molecular weight is 518 g/mol. The molecule has 2 aromatic carbocycles. The number of carbonyl (C=O) groups is 1. The first-order chi connectivity index (χ1) is 18.0. The van der Waals surface area contributed by atoms with Crippen LogP contribution in [0.15, 0.2) is 47.8 Å². The van der Waals surface area contributed by atoms with Crippen LogP contribution in [0, 0.1) is 13.8 Å². The molecule has 1 amide bonds. The minimum Gasteiger partial charge on any atom is -0.487 e. The molecule has 0 saturated carbocycles. The summed E-state index contributed by atoms with van der Waals surface area (Å²) in [5, 5.41) is 7.92. The number of ether oxygens (including phenoxy) is 3. The number of aryl methyl sites for hydroxylation is 3. The van der Waals surface area contributed by atoms with Gasteiger partial charge < -0.3 is 19.1 Å². The molecule has 0 bridgehead atoms. The van der Waals surface area contributed by atoms with Crippen molar-refractivity contribution in [2.24, 2.45) is 0 Å². The van der Waals surface area contributed by atoms with Crippen LogP contribution in [0.3, 0.4) is 0 Å². The molecule has 0 aliphatic carbocycles. The Balaban J connectivity index is 1.31. The zero-order valence-electron chi connectivity index (χ0n) is 21.2. The molecule has 4 aromatic rings. The van der Waals surface area contributed by atoms with Crippen molar-refractivity contribution in [3.05, 3.63) is 64.8 Å². The van der Waals surface area contributed by atoms with Gasteiger partial charge in [-0.15, -0.1) is 11.3 Å². The van der Waals surface area contributed by atoms with Gasteiger partial charge in [0.2, 0.25) is 5.91 Å². The zero-order chi connectivity index (χ0) is 25.4. The van der Waals surface area contributed by atoms with E-state index in [-0.39, 0.29) is 12.0 Å². The van der Waals surface area contributed by atoms with E-state index in [1.165, 1.54) is 15.6 Å². The summed E-state index contributed by atoms with van der Waals surface area (Å²) < 4.78 is 21.4. The molecule has 2 aliphatic rings. The topological polar surface area (TPSA) is 65.8 Å². The van der Waals surface area contributed by atoms with Gasteiger partial charge >= 0.3 is 0 Å².